The molecule has 3 atom stereocenters. The first-order valence-electron chi connectivity index (χ1n) is 8.75. The molecule has 1 aliphatic rings. The highest BCUT2D eigenvalue weighted by atomic mass is 16.3. The molecule has 0 saturated heterocycles. The quantitative estimate of drug-likeness (QED) is 0.801. The molecule has 130 valence electrons. The van der Waals surface area contributed by atoms with Crippen LogP contribution in [0.3, 0.4) is 0 Å². The summed E-state index contributed by atoms with van der Waals surface area (Å²) in [6.45, 7) is 4.55. The van der Waals surface area contributed by atoms with Gasteiger partial charge in [0.1, 0.15) is 11.3 Å². The first-order valence-corrected chi connectivity index (χ1v) is 8.75. The number of fused-ring (bicyclic) bond motifs is 1. The molecule has 1 aliphatic carbocycles. The third kappa shape index (κ3) is 3.73. The van der Waals surface area contributed by atoms with Gasteiger partial charge < -0.3 is 20.2 Å². The molecular weight excluding hydrogens is 304 g/mol. The van der Waals surface area contributed by atoms with Crippen LogP contribution in [-0.2, 0) is 0 Å². The van der Waals surface area contributed by atoms with Crippen molar-refractivity contribution in [2.75, 3.05) is 6.54 Å². The van der Waals surface area contributed by atoms with E-state index in [4.69, 9.17) is 4.42 Å². The number of urea groups is 1. The summed E-state index contributed by atoms with van der Waals surface area (Å²) in [5.74, 6) is 1.15. The Bertz CT molecular complexity index is 710. The number of para-hydroxylation sites is 1. The van der Waals surface area contributed by atoms with Crippen molar-refractivity contribution < 1.29 is 14.3 Å². The van der Waals surface area contributed by atoms with Gasteiger partial charge in [0.25, 0.3) is 0 Å². The average Bonchev–Trinajstić information content (AvgIpc) is 2.91. The molecule has 1 saturated carbocycles. The molecule has 0 bridgehead atoms. The van der Waals surface area contributed by atoms with Crippen molar-refractivity contribution >= 4 is 17.0 Å². The van der Waals surface area contributed by atoms with Gasteiger partial charge in [-0.3, -0.25) is 0 Å². The van der Waals surface area contributed by atoms with Gasteiger partial charge in [0.05, 0.1) is 12.1 Å². The number of benzene rings is 1. The summed E-state index contributed by atoms with van der Waals surface area (Å²) in [5.41, 5.74) is 1.91. The van der Waals surface area contributed by atoms with Crippen molar-refractivity contribution in [3.05, 3.63) is 35.6 Å². The normalized spacial score (nSPS) is 22.3. The molecular formula is C19H26N2O3. The van der Waals surface area contributed by atoms with Crippen LogP contribution in [0.15, 0.2) is 28.7 Å². The Balaban J connectivity index is 1.56. The fourth-order valence-electron chi connectivity index (χ4n) is 3.60. The summed E-state index contributed by atoms with van der Waals surface area (Å²) in [6.07, 6.45) is 3.54. The van der Waals surface area contributed by atoms with E-state index >= 15 is 0 Å². The molecule has 24 heavy (non-hydrogen) atoms. The van der Waals surface area contributed by atoms with E-state index in [2.05, 4.69) is 10.6 Å². The van der Waals surface area contributed by atoms with Gasteiger partial charge in [-0.25, -0.2) is 4.79 Å². The molecule has 3 N–H and O–H groups in total. The van der Waals surface area contributed by atoms with Crippen molar-refractivity contribution in [3.63, 3.8) is 0 Å². The highest BCUT2D eigenvalue weighted by Gasteiger charge is 2.22. The molecule has 3 rings (SSSR count). The van der Waals surface area contributed by atoms with Gasteiger partial charge in [0.15, 0.2) is 0 Å². The Kier molecular flexibility index (Phi) is 5.09. The largest absolute Gasteiger partial charge is 0.459 e. The fraction of sp³-hybridized carbons (Fsp3) is 0.526. The van der Waals surface area contributed by atoms with Crippen molar-refractivity contribution in [2.45, 2.75) is 51.7 Å². The Morgan fingerprint density at radius 2 is 2.17 bits per heavy atom. The maximum Gasteiger partial charge on any atom is 0.315 e. The Labute approximate surface area is 142 Å². The summed E-state index contributed by atoms with van der Waals surface area (Å²) in [5, 5.41) is 16.6. The molecule has 1 fully saturated rings. The molecule has 3 unspecified atom stereocenters. The topological polar surface area (TPSA) is 74.5 Å². The number of aliphatic hydroxyl groups is 1. The van der Waals surface area contributed by atoms with Gasteiger partial charge in [-0.1, -0.05) is 24.6 Å². The van der Waals surface area contributed by atoms with Crippen LogP contribution in [0.5, 0.6) is 0 Å². The number of hydrogen-bond acceptors (Lipinski definition) is 3. The van der Waals surface area contributed by atoms with E-state index in [1.807, 2.05) is 38.1 Å². The van der Waals surface area contributed by atoms with Crippen LogP contribution in [0.4, 0.5) is 4.79 Å². The van der Waals surface area contributed by atoms with Crippen LogP contribution in [0.2, 0.25) is 0 Å². The predicted octanol–water partition coefficient (Wildman–Crippen LogP) is 3.65. The lowest BCUT2D eigenvalue weighted by Gasteiger charge is -2.26. The van der Waals surface area contributed by atoms with Gasteiger partial charge in [-0.05, 0) is 45.1 Å². The van der Waals surface area contributed by atoms with Crippen LogP contribution in [-0.4, -0.2) is 23.8 Å². The zero-order valence-electron chi connectivity index (χ0n) is 14.3. The Hall–Kier alpha value is -2.01. The minimum atomic E-state index is -0.217. The monoisotopic (exact) mass is 330 g/mol. The van der Waals surface area contributed by atoms with Crippen molar-refractivity contribution in [3.8, 4) is 0 Å². The third-order valence-electron chi connectivity index (χ3n) is 4.93. The number of carbonyl (C=O) groups is 1. The van der Waals surface area contributed by atoms with Crippen molar-refractivity contribution in [1.29, 1.82) is 0 Å². The van der Waals surface area contributed by atoms with Crippen LogP contribution in [0.1, 0.15) is 50.0 Å². The second kappa shape index (κ2) is 7.26. The number of furan rings is 1. The number of amides is 2. The van der Waals surface area contributed by atoms with Gasteiger partial charge in [-0.15, -0.1) is 0 Å². The lowest BCUT2D eigenvalue weighted by Crippen LogP contribution is -2.40. The van der Waals surface area contributed by atoms with E-state index in [-0.39, 0.29) is 18.2 Å². The van der Waals surface area contributed by atoms with Crippen LogP contribution in [0.25, 0.3) is 11.0 Å². The summed E-state index contributed by atoms with van der Waals surface area (Å²) in [4.78, 5) is 12.2. The lowest BCUT2D eigenvalue weighted by atomic mass is 9.87. The van der Waals surface area contributed by atoms with E-state index in [0.717, 1.165) is 48.0 Å². The first kappa shape index (κ1) is 16.8. The van der Waals surface area contributed by atoms with Gasteiger partial charge in [0.2, 0.25) is 0 Å². The van der Waals surface area contributed by atoms with Crippen molar-refractivity contribution in [1.82, 2.24) is 10.6 Å². The standard InChI is InChI=1S/C19H26N2O3/c1-12-16-8-3-4-9-17(16)24-18(12)13(2)21-19(23)20-11-14-6-5-7-15(22)10-14/h3-4,8-9,13-15,22H,5-7,10-11H2,1-2H3,(H2,20,21,23). The first-order chi connectivity index (χ1) is 11.5. The van der Waals surface area contributed by atoms with Crippen molar-refractivity contribution in [2.24, 2.45) is 5.92 Å². The molecule has 5 heteroatoms. The van der Waals surface area contributed by atoms with Gasteiger partial charge in [-0.2, -0.15) is 0 Å². The van der Waals surface area contributed by atoms with Gasteiger partial charge in [0, 0.05) is 17.5 Å². The Morgan fingerprint density at radius 1 is 1.38 bits per heavy atom. The van der Waals surface area contributed by atoms with Crippen LogP contribution >= 0.6 is 0 Å². The number of rotatable bonds is 4. The number of nitrogens with one attached hydrogen (secondary N) is 2. The molecule has 2 amide bonds. The number of hydrogen-bond donors (Lipinski definition) is 3. The zero-order valence-corrected chi connectivity index (χ0v) is 14.3. The van der Waals surface area contributed by atoms with E-state index in [9.17, 15) is 9.90 Å². The summed E-state index contributed by atoms with van der Waals surface area (Å²) < 4.78 is 5.89. The number of aliphatic hydroxyl groups excluding tert-OH is 1. The average molecular weight is 330 g/mol. The summed E-state index contributed by atoms with van der Waals surface area (Å²) >= 11 is 0. The predicted molar refractivity (Wildman–Crippen MR) is 93.9 cm³/mol. The number of aryl methyl sites for hydroxylation is 1. The van der Waals surface area contributed by atoms with Gasteiger partial charge >= 0.3 is 6.03 Å². The smallest absolute Gasteiger partial charge is 0.315 e. The zero-order chi connectivity index (χ0) is 17.1. The van der Waals surface area contributed by atoms with E-state index < -0.39 is 0 Å². The Morgan fingerprint density at radius 3 is 2.92 bits per heavy atom. The molecule has 0 spiro atoms. The van der Waals surface area contributed by atoms with Crippen LogP contribution < -0.4 is 10.6 Å². The minimum Gasteiger partial charge on any atom is -0.459 e. The maximum absolute atomic E-state index is 12.2. The number of carbonyl (C=O) groups excluding carboxylic acids is 1. The highest BCUT2D eigenvalue weighted by Crippen LogP contribution is 2.29. The fourth-order valence-corrected chi connectivity index (χ4v) is 3.60. The molecule has 0 aliphatic heterocycles. The summed E-state index contributed by atoms with van der Waals surface area (Å²) in [6, 6.07) is 7.50. The molecule has 1 aromatic carbocycles. The summed E-state index contributed by atoms with van der Waals surface area (Å²) in [7, 11) is 0. The van der Waals surface area contributed by atoms with E-state index in [0.29, 0.717) is 12.5 Å². The van der Waals surface area contributed by atoms with Crippen LogP contribution in [0, 0.1) is 12.8 Å². The minimum absolute atomic E-state index is 0.192. The third-order valence-corrected chi connectivity index (χ3v) is 4.93. The molecule has 1 aromatic heterocycles. The molecule has 1 heterocycles. The second-order valence-electron chi connectivity index (χ2n) is 6.85. The van der Waals surface area contributed by atoms with E-state index in [1.165, 1.54) is 0 Å². The SMILES string of the molecule is Cc1c(C(C)NC(=O)NCC2CCCC(O)C2)oc2ccccc12. The maximum atomic E-state index is 12.2. The van der Waals surface area contributed by atoms with E-state index in [1.54, 1.807) is 0 Å². The molecule has 0 radical (unpaired) electrons. The molecule has 2 aromatic rings. The lowest BCUT2D eigenvalue weighted by molar-refractivity contribution is 0.101. The molecule has 5 nitrogen and oxygen atoms in total. The highest BCUT2D eigenvalue weighted by molar-refractivity contribution is 5.82. The second-order valence-corrected chi connectivity index (χ2v) is 6.85.